The second-order valence-corrected chi connectivity index (χ2v) is 0. The molecule has 0 aromatic heterocycles. The molecule has 0 aliphatic carbocycles. The molecule has 0 atom stereocenters. The first kappa shape index (κ1) is 16.7. The van der Waals surface area contributed by atoms with Crippen molar-refractivity contribution in [2.24, 2.45) is 0 Å². The average Bonchev–Trinajstić information content (AvgIpc) is 1.00. The quantitative estimate of drug-likeness (QED) is 0.564. The van der Waals surface area contributed by atoms with Crippen molar-refractivity contribution in [3.05, 3.63) is 0 Å². The fraction of sp³-hybridized carbons (Fsp3) is 0. The first-order valence-corrected chi connectivity index (χ1v) is 0.532. The Bertz CT molecular complexity index is 8.00. The van der Waals surface area contributed by atoms with Crippen molar-refractivity contribution in [1.82, 2.24) is 0 Å². The zero-order valence-electron chi connectivity index (χ0n) is 1.60. The van der Waals surface area contributed by atoms with Gasteiger partial charge in [0.15, 0.2) is 0 Å². The molecule has 0 saturated heterocycles. The van der Waals surface area contributed by atoms with Gasteiger partial charge in [-0.25, -0.2) is 0 Å². The number of hydrogen-bond donors (Lipinski definition) is 0. The normalized spacial score (nSPS) is 1.50. The zero-order chi connectivity index (χ0) is 2.00. The van der Waals surface area contributed by atoms with Crippen LogP contribution in [0.25, 0.3) is 0 Å². The minimum atomic E-state index is 0. The first-order chi connectivity index (χ1) is 1.00. The number of rotatable bonds is 0. The SMILES string of the molecule is [Cu].[La].[O]=[Ni]. The Kier molecular flexibility index (Phi) is 83.1. The Labute approximate surface area is 70.9 Å². The maximum atomic E-state index is 7.88. The molecule has 0 aromatic rings. The van der Waals surface area contributed by atoms with Gasteiger partial charge in [-0.15, -0.1) is 0 Å². The molecule has 0 aliphatic rings. The molecule has 1 nitrogen and oxygen atoms in total. The van der Waals surface area contributed by atoms with E-state index in [-0.39, 0.29) is 52.7 Å². The summed E-state index contributed by atoms with van der Waals surface area (Å²) in [6.45, 7) is 0. The van der Waals surface area contributed by atoms with E-state index in [9.17, 15) is 0 Å². The van der Waals surface area contributed by atoms with Crippen LogP contribution >= 0.6 is 0 Å². The van der Waals surface area contributed by atoms with E-state index in [4.69, 9.17) is 3.90 Å². The molecule has 4 heavy (non-hydrogen) atoms. The van der Waals surface area contributed by atoms with Gasteiger partial charge in [-0.2, -0.15) is 0 Å². The fourth-order valence-electron chi connectivity index (χ4n) is 0. The van der Waals surface area contributed by atoms with E-state index in [0.717, 1.165) is 0 Å². The van der Waals surface area contributed by atoms with Gasteiger partial charge in [0.2, 0.25) is 0 Å². The van der Waals surface area contributed by atoms with Gasteiger partial charge in [-0.3, -0.25) is 0 Å². The molecule has 0 rings (SSSR count). The molecule has 0 saturated carbocycles. The summed E-state index contributed by atoms with van der Waals surface area (Å²) < 4.78 is 7.88. The third-order valence-corrected chi connectivity index (χ3v) is 0. The molecule has 0 heterocycles. The summed E-state index contributed by atoms with van der Waals surface area (Å²) in [7, 11) is 0. The summed E-state index contributed by atoms with van der Waals surface area (Å²) in [4.78, 5) is 0. The van der Waals surface area contributed by atoms with Gasteiger partial charge >= 0.3 is 19.3 Å². The third-order valence-electron chi connectivity index (χ3n) is 0. The van der Waals surface area contributed by atoms with Gasteiger partial charge in [0.25, 0.3) is 0 Å². The van der Waals surface area contributed by atoms with E-state index < -0.39 is 0 Å². The Hall–Kier alpha value is 2.01. The van der Waals surface area contributed by atoms with Crippen molar-refractivity contribution in [1.29, 1.82) is 0 Å². The monoisotopic (exact) mass is 276 g/mol. The van der Waals surface area contributed by atoms with Crippen LogP contribution in [0.3, 0.4) is 0 Å². The van der Waals surface area contributed by atoms with Gasteiger partial charge in [-0.05, 0) is 0 Å². The summed E-state index contributed by atoms with van der Waals surface area (Å²) >= 11 is 2.62. The predicted octanol–water partition coefficient (Wildman–Crippen LogP) is -0.124. The van der Waals surface area contributed by atoms with Crippen LogP contribution in [0.15, 0.2) is 0 Å². The van der Waals surface area contributed by atoms with Crippen LogP contribution in [0.2, 0.25) is 0 Å². The van der Waals surface area contributed by atoms with Crippen LogP contribution in [0.1, 0.15) is 0 Å². The number of hydrogen-bond acceptors (Lipinski definition) is 1. The topological polar surface area (TPSA) is 17.1 Å². The molecule has 0 spiro atoms. The third kappa shape index (κ3) is 8.99. The average molecular weight is 277 g/mol. The van der Waals surface area contributed by atoms with Crippen molar-refractivity contribution < 1.29 is 72.0 Å². The Morgan fingerprint density at radius 2 is 1.25 bits per heavy atom. The van der Waals surface area contributed by atoms with Crippen molar-refractivity contribution in [3.8, 4) is 0 Å². The molecule has 0 aromatic carbocycles. The predicted molar refractivity (Wildman–Crippen MR) is 0.686 cm³/mol. The van der Waals surface area contributed by atoms with Crippen molar-refractivity contribution >= 4 is 0 Å². The van der Waals surface area contributed by atoms with Crippen LogP contribution in [-0.4, -0.2) is 0 Å². The van der Waals surface area contributed by atoms with Crippen molar-refractivity contribution in [3.63, 3.8) is 0 Å². The van der Waals surface area contributed by atoms with Gasteiger partial charge in [0.1, 0.15) is 0 Å². The Morgan fingerprint density at radius 1 is 1.25 bits per heavy atom. The van der Waals surface area contributed by atoms with Gasteiger partial charge in [0.05, 0.1) is 0 Å². The summed E-state index contributed by atoms with van der Waals surface area (Å²) in [6, 6.07) is 0. The molecule has 0 aliphatic heterocycles. The second kappa shape index (κ2) is 20.0. The van der Waals surface area contributed by atoms with Crippen LogP contribution in [0.5, 0.6) is 0 Å². The van der Waals surface area contributed by atoms with E-state index >= 15 is 0 Å². The molecule has 0 unspecified atom stereocenters. The summed E-state index contributed by atoms with van der Waals surface area (Å²) in [5, 5.41) is 0. The first-order valence-electron chi connectivity index (χ1n) is 0.129. The van der Waals surface area contributed by atoms with Crippen molar-refractivity contribution in [2.75, 3.05) is 0 Å². The summed E-state index contributed by atoms with van der Waals surface area (Å²) in [6.07, 6.45) is 0. The standard InChI is InChI=1S/Cu.La.Ni.O. The van der Waals surface area contributed by atoms with E-state index in [1.165, 1.54) is 0 Å². The van der Waals surface area contributed by atoms with E-state index in [2.05, 4.69) is 15.4 Å². The molecular weight excluding hydrogens is 277 g/mol. The molecule has 2 radical (unpaired) electrons. The Balaban J connectivity index is -0.00000000500. The van der Waals surface area contributed by atoms with Crippen LogP contribution < -0.4 is 0 Å². The molecule has 30 valence electrons. The van der Waals surface area contributed by atoms with Crippen molar-refractivity contribution in [2.45, 2.75) is 0 Å². The van der Waals surface area contributed by atoms with E-state index in [1.807, 2.05) is 0 Å². The molecule has 0 N–H and O–H groups in total. The summed E-state index contributed by atoms with van der Waals surface area (Å²) in [5.74, 6) is 0. The molecule has 0 amide bonds. The second-order valence-electron chi connectivity index (χ2n) is 0. The summed E-state index contributed by atoms with van der Waals surface area (Å²) in [5.41, 5.74) is 0. The van der Waals surface area contributed by atoms with Crippen LogP contribution in [0.4, 0.5) is 0 Å². The van der Waals surface area contributed by atoms with Gasteiger partial charge in [0, 0.05) is 52.7 Å². The molecule has 0 bridgehead atoms. The molecular formula is CuLaNiO. The molecule has 0 fully saturated rings. The van der Waals surface area contributed by atoms with Gasteiger partial charge in [-0.1, -0.05) is 0 Å². The minimum absolute atomic E-state index is 0. The van der Waals surface area contributed by atoms with Gasteiger partial charge < -0.3 is 0 Å². The fourth-order valence-corrected chi connectivity index (χ4v) is 0. The van der Waals surface area contributed by atoms with E-state index in [1.54, 1.807) is 0 Å². The van der Waals surface area contributed by atoms with Crippen LogP contribution in [-0.2, 0) is 36.4 Å². The van der Waals surface area contributed by atoms with Crippen LogP contribution in [0, 0.1) is 35.6 Å². The Morgan fingerprint density at radius 3 is 1.25 bits per heavy atom. The molecule has 4 heteroatoms. The maximum absolute atomic E-state index is 7.88. The van der Waals surface area contributed by atoms with E-state index in [0.29, 0.717) is 0 Å². The zero-order valence-corrected chi connectivity index (χ0v) is 7.16.